The molecule has 0 bridgehead atoms. The summed E-state index contributed by atoms with van der Waals surface area (Å²) in [5, 5.41) is 0. The smallest absolute Gasteiger partial charge is 0.326 e. The van der Waals surface area contributed by atoms with Crippen molar-refractivity contribution < 1.29 is 9.53 Å². The lowest BCUT2D eigenvalue weighted by molar-refractivity contribution is -0.148. The van der Waals surface area contributed by atoms with Crippen molar-refractivity contribution in [2.45, 2.75) is 52.7 Å². The molecule has 1 aromatic heterocycles. The Kier molecular flexibility index (Phi) is 4.83. The van der Waals surface area contributed by atoms with Gasteiger partial charge in [0.1, 0.15) is 17.9 Å². The highest BCUT2D eigenvalue weighted by Gasteiger charge is 2.16. The summed E-state index contributed by atoms with van der Waals surface area (Å²) in [5.74, 6) is 0.648. The maximum absolute atomic E-state index is 12.0. The number of nitrogen functional groups attached to an aromatic ring is 1. The number of carbonyl (C=O) groups excluding carboxylic acids is 1. The Morgan fingerprint density at radius 1 is 1.43 bits per heavy atom. The normalized spacial score (nSPS) is 11.2. The Morgan fingerprint density at radius 2 is 2.19 bits per heavy atom. The molecule has 114 valence electrons. The number of rotatable bonds is 6. The zero-order chi connectivity index (χ0) is 15.4. The van der Waals surface area contributed by atoms with Gasteiger partial charge in [0.2, 0.25) is 0 Å². The molecular formula is C16H23N3O2. The van der Waals surface area contributed by atoms with Crippen molar-refractivity contribution in [3.63, 3.8) is 0 Å². The number of nitrogens with two attached hydrogens (primary N) is 1. The average molecular weight is 289 g/mol. The maximum atomic E-state index is 12.0. The van der Waals surface area contributed by atoms with Crippen LogP contribution in [0, 0.1) is 0 Å². The molecule has 1 heterocycles. The van der Waals surface area contributed by atoms with Gasteiger partial charge in [0, 0.05) is 6.42 Å². The number of ether oxygens (including phenoxy) is 1. The molecule has 0 spiro atoms. The lowest BCUT2D eigenvalue weighted by Crippen LogP contribution is -2.19. The monoisotopic (exact) mass is 289 g/mol. The van der Waals surface area contributed by atoms with Gasteiger partial charge in [-0.2, -0.15) is 0 Å². The summed E-state index contributed by atoms with van der Waals surface area (Å²) in [6.07, 6.45) is 2.83. The third-order valence-corrected chi connectivity index (χ3v) is 3.30. The minimum Gasteiger partial charge on any atom is -0.462 e. The number of hydrogen-bond donors (Lipinski definition) is 1. The molecule has 0 aliphatic rings. The number of unbranched alkanes of at least 4 members (excludes halogenated alkanes) is 1. The SMILES string of the molecule is CCCCc1nc2c(N)cccc2n1CC(=O)OC(C)C. The fourth-order valence-corrected chi connectivity index (χ4v) is 2.35. The molecule has 0 amide bonds. The highest BCUT2D eigenvalue weighted by Crippen LogP contribution is 2.23. The Morgan fingerprint density at radius 3 is 2.86 bits per heavy atom. The molecule has 2 aromatic rings. The van der Waals surface area contributed by atoms with Gasteiger partial charge in [-0.25, -0.2) is 4.98 Å². The first-order valence-corrected chi connectivity index (χ1v) is 7.46. The Balaban J connectivity index is 2.38. The van der Waals surface area contributed by atoms with E-state index in [0.29, 0.717) is 5.69 Å². The molecule has 0 saturated heterocycles. The Hall–Kier alpha value is -2.04. The van der Waals surface area contributed by atoms with Crippen molar-refractivity contribution in [3.8, 4) is 0 Å². The summed E-state index contributed by atoms with van der Waals surface area (Å²) >= 11 is 0. The van der Waals surface area contributed by atoms with Gasteiger partial charge < -0.3 is 15.0 Å². The summed E-state index contributed by atoms with van der Waals surface area (Å²) < 4.78 is 7.17. The largest absolute Gasteiger partial charge is 0.462 e. The highest BCUT2D eigenvalue weighted by molar-refractivity contribution is 5.88. The fraction of sp³-hybridized carbons (Fsp3) is 0.500. The van der Waals surface area contributed by atoms with Gasteiger partial charge in [0.25, 0.3) is 0 Å². The van der Waals surface area contributed by atoms with Crippen LogP contribution in [-0.4, -0.2) is 21.6 Å². The lowest BCUT2D eigenvalue weighted by atomic mass is 10.2. The van der Waals surface area contributed by atoms with Crippen molar-refractivity contribution in [2.75, 3.05) is 5.73 Å². The number of aryl methyl sites for hydroxylation is 1. The summed E-state index contributed by atoms with van der Waals surface area (Å²) in [6, 6.07) is 5.65. The molecule has 0 aliphatic heterocycles. The number of nitrogens with zero attached hydrogens (tertiary/aromatic N) is 2. The number of para-hydroxylation sites is 1. The van der Waals surface area contributed by atoms with Gasteiger partial charge in [-0.3, -0.25) is 4.79 Å². The van der Waals surface area contributed by atoms with Crippen LogP contribution < -0.4 is 5.73 Å². The number of benzene rings is 1. The Labute approximate surface area is 125 Å². The first-order valence-electron chi connectivity index (χ1n) is 7.46. The number of imidazole rings is 1. The van der Waals surface area contributed by atoms with Gasteiger partial charge in [0.15, 0.2) is 0 Å². The quantitative estimate of drug-likeness (QED) is 0.655. The lowest BCUT2D eigenvalue weighted by Gasteiger charge is -2.11. The zero-order valence-electron chi connectivity index (χ0n) is 12.9. The van der Waals surface area contributed by atoms with E-state index in [0.717, 1.165) is 36.1 Å². The number of anilines is 1. The maximum Gasteiger partial charge on any atom is 0.326 e. The average Bonchev–Trinajstić information content (AvgIpc) is 2.75. The molecule has 0 atom stereocenters. The molecule has 5 nitrogen and oxygen atoms in total. The van der Waals surface area contributed by atoms with E-state index >= 15 is 0 Å². The first-order chi connectivity index (χ1) is 10.0. The summed E-state index contributed by atoms with van der Waals surface area (Å²) in [6.45, 7) is 6.01. The number of fused-ring (bicyclic) bond motifs is 1. The number of carbonyl (C=O) groups is 1. The molecular weight excluding hydrogens is 266 g/mol. The van der Waals surface area contributed by atoms with Crippen LogP contribution in [0.1, 0.15) is 39.4 Å². The van der Waals surface area contributed by atoms with E-state index in [-0.39, 0.29) is 18.6 Å². The van der Waals surface area contributed by atoms with E-state index < -0.39 is 0 Å². The Bertz CT molecular complexity index is 632. The minimum absolute atomic E-state index is 0.114. The van der Waals surface area contributed by atoms with E-state index in [9.17, 15) is 4.79 Å². The van der Waals surface area contributed by atoms with Crippen molar-refractivity contribution in [3.05, 3.63) is 24.0 Å². The van der Waals surface area contributed by atoms with Gasteiger partial charge >= 0.3 is 5.97 Å². The van der Waals surface area contributed by atoms with Crippen LogP contribution in [-0.2, 0) is 22.5 Å². The summed E-state index contributed by atoms with van der Waals surface area (Å²) in [7, 11) is 0. The zero-order valence-corrected chi connectivity index (χ0v) is 12.9. The number of hydrogen-bond acceptors (Lipinski definition) is 4. The molecule has 0 unspecified atom stereocenters. The standard InChI is InChI=1S/C16H23N3O2/c1-4-5-9-14-18-16-12(17)7-6-8-13(16)19(14)10-15(20)21-11(2)3/h6-8,11H,4-5,9-10,17H2,1-3H3. The highest BCUT2D eigenvalue weighted by atomic mass is 16.5. The third kappa shape index (κ3) is 3.54. The molecule has 0 aliphatic carbocycles. The van der Waals surface area contributed by atoms with Crippen molar-refractivity contribution in [2.24, 2.45) is 0 Å². The van der Waals surface area contributed by atoms with E-state index in [2.05, 4.69) is 11.9 Å². The summed E-state index contributed by atoms with van der Waals surface area (Å²) in [4.78, 5) is 16.6. The second-order valence-corrected chi connectivity index (χ2v) is 5.47. The van der Waals surface area contributed by atoms with E-state index in [4.69, 9.17) is 10.5 Å². The van der Waals surface area contributed by atoms with Crippen molar-refractivity contribution in [1.29, 1.82) is 0 Å². The first kappa shape index (κ1) is 15.4. The minimum atomic E-state index is -0.246. The molecule has 21 heavy (non-hydrogen) atoms. The van der Waals surface area contributed by atoms with Crippen LogP contribution in [0.15, 0.2) is 18.2 Å². The summed E-state index contributed by atoms with van der Waals surface area (Å²) in [5.41, 5.74) is 8.28. The molecule has 2 rings (SSSR count). The van der Waals surface area contributed by atoms with Crippen molar-refractivity contribution in [1.82, 2.24) is 9.55 Å². The number of esters is 1. The van der Waals surface area contributed by atoms with Gasteiger partial charge in [-0.1, -0.05) is 19.4 Å². The van der Waals surface area contributed by atoms with Crippen LogP contribution >= 0.6 is 0 Å². The molecule has 0 radical (unpaired) electrons. The van der Waals surface area contributed by atoms with Crippen LogP contribution in [0.3, 0.4) is 0 Å². The van der Waals surface area contributed by atoms with Gasteiger partial charge in [0.05, 0.1) is 17.3 Å². The molecule has 1 aromatic carbocycles. The van der Waals surface area contributed by atoms with Gasteiger partial charge in [-0.05, 0) is 32.4 Å². The van der Waals surface area contributed by atoms with E-state index in [1.165, 1.54) is 0 Å². The molecule has 0 saturated carbocycles. The molecule has 0 fully saturated rings. The van der Waals surface area contributed by atoms with E-state index in [1.54, 1.807) is 0 Å². The van der Waals surface area contributed by atoms with Crippen LogP contribution in [0.4, 0.5) is 5.69 Å². The van der Waals surface area contributed by atoms with Crippen LogP contribution in [0.5, 0.6) is 0 Å². The number of aromatic nitrogens is 2. The predicted octanol–water partition coefficient (Wildman–Crippen LogP) is 2.91. The molecule has 5 heteroatoms. The third-order valence-electron chi connectivity index (χ3n) is 3.30. The fourth-order valence-electron chi connectivity index (χ4n) is 2.35. The topological polar surface area (TPSA) is 70.1 Å². The van der Waals surface area contributed by atoms with E-state index in [1.807, 2.05) is 36.6 Å². The second-order valence-electron chi connectivity index (χ2n) is 5.47. The predicted molar refractivity (Wildman–Crippen MR) is 84.0 cm³/mol. The molecule has 2 N–H and O–H groups in total. The van der Waals surface area contributed by atoms with Crippen LogP contribution in [0.2, 0.25) is 0 Å². The second kappa shape index (κ2) is 6.61. The van der Waals surface area contributed by atoms with Gasteiger partial charge in [-0.15, -0.1) is 0 Å². The van der Waals surface area contributed by atoms with Crippen molar-refractivity contribution >= 4 is 22.7 Å². The van der Waals surface area contributed by atoms with Crippen LogP contribution in [0.25, 0.3) is 11.0 Å².